The molecule has 0 radical (unpaired) electrons. The number of ether oxygens (including phenoxy) is 1. The number of aryl methyl sites for hydroxylation is 1. The van der Waals surface area contributed by atoms with Gasteiger partial charge in [-0.05, 0) is 49.9 Å². The highest BCUT2D eigenvalue weighted by atomic mass is 16.5. The standard InChI is InChI=1S/C22H25NO3/c1-3-26-20(24)17-12-11-16(2)19(15-17)23-21(25)22(13-7-8-14-22)18-9-5-4-6-10-18/h4-6,9-12,15H,3,7-8,13-14H2,1-2H3,(H,23,25). The average Bonchev–Trinajstić information content (AvgIpc) is 3.15. The van der Waals surface area contributed by atoms with Gasteiger partial charge in [-0.1, -0.05) is 49.2 Å². The van der Waals surface area contributed by atoms with Crippen LogP contribution in [-0.4, -0.2) is 18.5 Å². The Labute approximate surface area is 154 Å². The molecule has 0 saturated heterocycles. The number of rotatable bonds is 5. The van der Waals surface area contributed by atoms with Crippen LogP contribution in [0.4, 0.5) is 5.69 Å². The van der Waals surface area contributed by atoms with Crippen molar-refractivity contribution in [2.24, 2.45) is 0 Å². The molecule has 0 unspecified atom stereocenters. The Kier molecular flexibility index (Phi) is 5.40. The smallest absolute Gasteiger partial charge is 0.338 e. The summed E-state index contributed by atoms with van der Waals surface area (Å²) in [7, 11) is 0. The minimum absolute atomic E-state index is 0.00492. The monoisotopic (exact) mass is 351 g/mol. The summed E-state index contributed by atoms with van der Waals surface area (Å²) in [6, 6.07) is 15.3. The molecule has 1 aliphatic carbocycles. The lowest BCUT2D eigenvalue weighted by Gasteiger charge is -2.28. The molecule has 0 aliphatic heterocycles. The molecule has 3 rings (SSSR count). The zero-order chi connectivity index (χ0) is 18.6. The van der Waals surface area contributed by atoms with E-state index in [1.807, 2.05) is 43.3 Å². The van der Waals surface area contributed by atoms with E-state index in [1.165, 1.54) is 0 Å². The molecule has 26 heavy (non-hydrogen) atoms. The maximum Gasteiger partial charge on any atom is 0.338 e. The van der Waals surface area contributed by atoms with Crippen LogP contribution in [0.1, 0.15) is 54.1 Å². The Balaban J connectivity index is 1.89. The van der Waals surface area contributed by atoms with Crippen LogP contribution in [0.3, 0.4) is 0 Å². The van der Waals surface area contributed by atoms with Crippen LogP contribution in [0.25, 0.3) is 0 Å². The quantitative estimate of drug-likeness (QED) is 0.800. The Morgan fingerprint density at radius 1 is 1.08 bits per heavy atom. The summed E-state index contributed by atoms with van der Waals surface area (Å²) in [5, 5.41) is 3.08. The minimum atomic E-state index is -0.492. The molecule has 0 atom stereocenters. The van der Waals surface area contributed by atoms with Crippen molar-refractivity contribution in [1.82, 2.24) is 0 Å². The number of anilines is 1. The van der Waals surface area contributed by atoms with E-state index in [9.17, 15) is 9.59 Å². The molecule has 2 aromatic carbocycles. The number of carbonyl (C=O) groups is 2. The van der Waals surface area contributed by atoms with Gasteiger partial charge in [-0.3, -0.25) is 4.79 Å². The number of hydrogen-bond donors (Lipinski definition) is 1. The van der Waals surface area contributed by atoms with Crippen LogP contribution in [0.5, 0.6) is 0 Å². The van der Waals surface area contributed by atoms with Gasteiger partial charge in [0.25, 0.3) is 0 Å². The minimum Gasteiger partial charge on any atom is -0.462 e. The highest BCUT2D eigenvalue weighted by Gasteiger charge is 2.42. The van der Waals surface area contributed by atoms with Gasteiger partial charge in [0, 0.05) is 5.69 Å². The normalized spacial score (nSPS) is 15.5. The first-order valence-electron chi connectivity index (χ1n) is 9.21. The molecule has 1 amide bonds. The SMILES string of the molecule is CCOC(=O)c1ccc(C)c(NC(=O)C2(c3ccccc3)CCCC2)c1. The van der Waals surface area contributed by atoms with E-state index in [0.29, 0.717) is 17.9 Å². The van der Waals surface area contributed by atoms with Crippen LogP contribution < -0.4 is 5.32 Å². The summed E-state index contributed by atoms with van der Waals surface area (Å²) >= 11 is 0. The first-order valence-corrected chi connectivity index (χ1v) is 9.21. The van der Waals surface area contributed by atoms with E-state index < -0.39 is 5.41 Å². The summed E-state index contributed by atoms with van der Waals surface area (Å²) < 4.78 is 5.07. The van der Waals surface area contributed by atoms with E-state index in [4.69, 9.17) is 4.74 Å². The number of benzene rings is 2. The first kappa shape index (κ1) is 18.2. The van der Waals surface area contributed by atoms with Crippen molar-refractivity contribution in [3.63, 3.8) is 0 Å². The van der Waals surface area contributed by atoms with Crippen LogP contribution in [0, 0.1) is 6.92 Å². The second kappa shape index (κ2) is 7.73. The van der Waals surface area contributed by atoms with Gasteiger partial charge < -0.3 is 10.1 Å². The topological polar surface area (TPSA) is 55.4 Å². The number of esters is 1. The van der Waals surface area contributed by atoms with Gasteiger partial charge in [0.2, 0.25) is 5.91 Å². The largest absolute Gasteiger partial charge is 0.462 e. The zero-order valence-corrected chi connectivity index (χ0v) is 15.4. The second-order valence-corrected chi connectivity index (χ2v) is 6.86. The number of amides is 1. The Morgan fingerprint density at radius 2 is 1.77 bits per heavy atom. The first-order chi connectivity index (χ1) is 12.6. The van der Waals surface area contributed by atoms with Gasteiger partial charge in [-0.15, -0.1) is 0 Å². The van der Waals surface area contributed by atoms with Crippen molar-refractivity contribution in [2.75, 3.05) is 11.9 Å². The molecule has 4 heteroatoms. The van der Waals surface area contributed by atoms with Crippen molar-refractivity contribution in [2.45, 2.75) is 44.9 Å². The van der Waals surface area contributed by atoms with E-state index in [1.54, 1.807) is 19.1 Å². The number of carbonyl (C=O) groups excluding carboxylic acids is 2. The fraction of sp³-hybridized carbons (Fsp3) is 0.364. The van der Waals surface area contributed by atoms with E-state index in [2.05, 4.69) is 5.32 Å². The fourth-order valence-electron chi connectivity index (χ4n) is 3.72. The summed E-state index contributed by atoms with van der Waals surface area (Å²) in [6.45, 7) is 4.03. The Morgan fingerprint density at radius 3 is 2.42 bits per heavy atom. The third-order valence-corrected chi connectivity index (χ3v) is 5.22. The molecule has 1 fully saturated rings. The lowest BCUT2D eigenvalue weighted by molar-refractivity contribution is -0.121. The maximum atomic E-state index is 13.3. The fourth-order valence-corrected chi connectivity index (χ4v) is 3.72. The van der Waals surface area contributed by atoms with Crippen LogP contribution >= 0.6 is 0 Å². The molecule has 136 valence electrons. The Hall–Kier alpha value is -2.62. The van der Waals surface area contributed by atoms with Crippen molar-refractivity contribution in [1.29, 1.82) is 0 Å². The van der Waals surface area contributed by atoms with Crippen LogP contribution in [0.15, 0.2) is 48.5 Å². The predicted molar refractivity (Wildman–Crippen MR) is 102 cm³/mol. The van der Waals surface area contributed by atoms with Gasteiger partial charge in [0.1, 0.15) is 0 Å². The van der Waals surface area contributed by atoms with Crippen molar-refractivity contribution < 1.29 is 14.3 Å². The van der Waals surface area contributed by atoms with Crippen LogP contribution in [0.2, 0.25) is 0 Å². The zero-order valence-electron chi connectivity index (χ0n) is 15.4. The predicted octanol–water partition coefficient (Wildman–Crippen LogP) is 4.62. The molecule has 0 spiro atoms. The molecule has 4 nitrogen and oxygen atoms in total. The molecule has 1 N–H and O–H groups in total. The van der Waals surface area contributed by atoms with Crippen molar-refractivity contribution >= 4 is 17.6 Å². The van der Waals surface area contributed by atoms with Crippen molar-refractivity contribution in [3.05, 3.63) is 65.2 Å². The molecule has 2 aromatic rings. The molecular weight excluding hydrogens is 326 g/mol. The number of nitrogens with one attached hydrogen (secondary N) is 1. The van der Waals surface area contributed by atoms with Gasteiger partial charge >= 0.3 is 5.97 Å². The molecule has 1 aliphatic rings. The van der Waals surface area contributed by atoms with Gasteiger partial charge in [0.15, 0.2) is 0 Å². The van der Waals surface area contributed by atoms with Gasteiger partial charge in [-0.25, -0.2) is 4.79 Å². The summed E-state index contributed by atoms with van der Waals surface area (Å²) in [6.07, 6.45) is 3.78. The molecule has 0 heterocycles. The number of hydrogen-bond acceptors (Lipinski definition) is 3. The highest BCUT2D eigenvalue weighted by molar-refractivity contribution is 6.01. The lowest BCUT2D eigenvalue weighted by atomic mass is 9.78. The molecule has 1 saturated carbocycles. The second-order valence-electron chi connectivity index (χ2n) is 6.86. The molecular formula is C22H25NO3. The summed E-state index contributed by atoms with van der Waals surface area (Å²) in [5.74, 6) is -0.369. The van der Waals surface area contributed by atoms with Gasteiger partial charge in [-0.2, -0.15) is 0 Å². The average molecular weight is 351 g/mol. The van der Waals surface area contributed by atoms with Gasteiger partial charge in [0.05, 0.1) is 17.6 Å². The highest BCUT2D eigenvalue weighted by Crippen LogP contribution is 2.42. The van der Waals surface area contributed by atoms with E-state index in [0.717, 1.165) is 36.8 Å². The van der Waals surface area contributed by atoms with E-state index in [-0.39, 0.29) is 11.9 Å². The third-order valence-electron chi connectivity index (χ3n) is 5.22. The third kappa shape index (κ3) is 3.50. The Bertz CT molecular complexity index is 792. The van der Waals surface area contributed by atoms with E-state index >= 15 is 0 Å². The van der Waals surface area contributed by atoms with Crippen LogP contribution in [-0.2, 0) is 14.9 Å². The summed E-state index contributed by atoms with van der Waals surface area (Å²) in [5.41, 5.74) is 2.62. The molecule has 0 bridgehead atoms. The van der Waals surface area contributed by atoms with Crippen molar-refractivity contribution in [3.8, 4) is 0 Å². The molecule has 0 aromatic heterocycles. The maximum absolute atomic E-state index is 13.3. The lowest BCUT2D eigenvalue weighted by Crippen LogP contribution is -2.38. The summed E-state index contributed by atoms with van der Waals surface area (Å²) in [4.78, 5) is 25.3.